The summed E-state index contributed by atoms with van der Waals surface area (Å²) in [5.74, 6) is 0.467. The van der Waals surface area contributed by atoms with Gasteiger partial charge in [-0.05, 0) is 18.1 Å². The van der Waals surface area contributed by atoms with Crippen molar-refractivity contribution in [2.24, 2.45) is 0 Å². The van der Waals surface area contributed by atoms with Crippen molar-refractivity contribution < 1.29 is 13.6 Å². The zero-order valence-electron chi connectivity index (χ0n) is 17.2. The molecule has 1 heterocycles. The number of carbonyl (C=O) groups excluding carboxylic acids is 1. The lowest BCUT2D eigenvalue weighted by Crippen LogP contribution is -2.40. The highest BCUT2D eigenvalue weighted by Gasteiger charge is 2.37. The van der Waals surface area contributed by atoms with E-state index in [1.807, 2.05) is 48.5 Å². The fourth-order valence-corrected chi connectivity index (χ4v) is 3.47. The van der Waals surface area contributed by atoms with Crippen LogP contribution in [-0.4, -0.2) is 19.1 Å². The molecule has 1 aromatic heterocycles. The number of oxazole rings is 1. The third-order valence-corrected chi connectivity index (χ3v) is 9.82. The average molecular weight is 394 g/mol. The van der Waals surface area contributed by atoms with Crippen LogP contribution in [0.4, 0.5) is 0 Å². The Labute approximate surface area is 167 Å². The topological polar surface area (TPSA) is 52.3 Å². The van der Waals surface area contributed by atoms with Crippen LogP contribution in [0, 0.1) is 0 Å². The Morgan fingerprint density at radius 1 is 1.00 bits per heavy atom. The summed E-state index contributed by atoms with van der Waals surface area (Å²) in [7, 11) is -1.96. The van der Waals surface area contributed by atoms with Gasteiger partial charge in [0.15, 0.2) is 14.1 Å². The van der Waals surface area contributed by atoms with Gasteiger partial charge in [-0.1, -0.05) is 81.4 Å². The zero-order chi connectivity index (χ0) is 20.4. The predicted molar refractivity (Wildman–Crippen MR) is 114 cm³/mol. The molecule has 0 radical (unpaired) electrons. The third-order valence-electron chi connectivity index (χ3n) is 5.34. The van der Waals surface area contributed by atoms with Crippen molar-refractivity contribution in [3.8, 4) is 11.3 Å². The Morgan fingerprint density at radius 2 is 1.57 bits per heavy atom. The molecule has 3 rings (SSSR count). The second-order valence-corrected chi connectivity index (χ2v) is 13.2. The maximum atomic E-state index is 12.8. The molecule has 0 atom stereocenters. The van der Waals surface area contributed by atoms with Gasteiger partial charge in [0, 0.05) is 11.1 Å². The summed E-state index contributed by atoms with van der Waals surface area (Å²) in [6.07, 6.45) is 0. The van der Waals surface area contributed by atoms with Crippen LogP contribution in [-0.2, 0) is 11.0 Å². The Balaban J connectivity index is 1.96. The molecule has 3 aromatic rings. The summed E-state index contributed by atoms with van der Waals surface area (Å²) in [4.78, 5) is 17.3. The van der Waals surface area contributed by atoms with Gasteiger partial charge >= 0.3 is 0 Å². The molecule has 0 fully saturated rings. The molecule has 0 saturated carbocycles. The number of aromatic nitrogens is 1. The van der Waals surface area contributed by atoms with Crippen molar-refractivity contribution in [2.45, 2.75) is 45.5 Å². The van der Waals surface area contributed by atoms with Crippen LogP contribution in [0.5, 0.6) is 0 Å². The molecule has 0 bridgehead atoms. The van der Waals surface area contributed by atoms with Gasteiger partial charge in [-0.3, -0.25) is 4.79 Å². The monoisotopic (exact) mass is 393 g/mol. The first-order chi connectivity index (χ1) is 13.2. The molecule has 0 aliphatic rings. The number of hydrogen-bond acceptors (Lipinski definition) is 4. The summed E-state index contributed by atoms with van der Waals surface area (Å²) in [6, 6.07) is 18.8. The van der Waals surface area contributed by atoms with E-state index < -0.39 is 8.32 Å². The predicted octanol–water partition coefficient (Wildman–Crippen LogP) is 6.09. The van der Waals surface area contributed by atoms with Crippen molar-refractivity contribution in [2.75, 3.05) is 0 Å². The van der Waals surface area contributed by atoms with E-state index in [0.717, 1.165) is 5.56 Å². The van der Waals surface area contributed by atoms with E-state index in [1.54, 1.807) is 12.1 Å². The van der Waals surface area contributed by atoms with Gasteiger partial charge in [-0.2, -0.15) is 0 Å². The van der Waals surface area contributed by atoms with Crippen molar-refractivity contribution >= 4 is 14.1 Å². The number of carbonyl (C=O) groups is 1. The van der Waals surface area contributed by atoms with Crippen LogP contribution in [0.3, 0.4) is 0 Å². The molecule has 4 nitrogen and oxygen atoms in total. The maximum absolute atomic E-state index is 12.8. The summed E-state index contributed by atoms with van der Waals surface area (Å²) in [5, 5.41) is 0.0896. The Morgan fingerprint density at radius 3 is 2.14 bits per heavy atom. The number of nitrogens with zero attached hydrogens (tertiary/aromatic N) is 1. The maximum Gasteiger partial charge on any atom is 0.269 e. The molecule has 0 aliphatic carbocycles. The standard InChI is InChI=1S/C23H27NO3Si/c1-23(2,3)28(4,5)26-16-19-21(18-14-10-7-11-15-18)27-22(24-19)20(25)17-12-8-6-9-13-17/h6-15H,16H2,1-5H3. The zero-order valence-corrected chi connectivity index (χ0v) is 18.2. The lowest BCUT2D eigenvalue weighted by atomic mass is 10.1. The SMILES string of the molecule is CC(C)(C)[Si](C)(C)OCc1nc(C(=O)c2ccccc2)oc1-c1ccccc1. The van der Waals surface area contributed by atoms with Gasteiger partial charge in [0.2, 0.25) is 5.78 Å². The van der Waals surface area contributed by atoms with Gasteiger partial charge in [0.05, 0.1) is 6.61 Å². The summed E-state index contributed by atoms with van der Waals surface area (Å²) in [5.41, 5.74) is 2.10. The molecule has 146 valence electrons. The first kappa shape index (κ1) is 20.2. The highest BCUT2D eigenvalue weighted by Crippen LogP contribution is 2.37. The van der Waals surface area contributed by atoms with Crippen molar-refractivity contribution in [3.63, 3.8) is 0 Å². The van der Waals surface area contributed by atoms with Crippen LogP contribution < -0.4 is 0 Å². The molecular formula is C23H27NO3Si. The summed E-state index contributed by atoms with van der Waals surface area (Å²) in [6.45, 7) is 11.3. The van der Waals surface area contributed by atoms with Gasteiger partial charge < -0.3 is 8.84 Å². The van der Waals surface area contributed by atoms with Crippen LogP contribution in [0.2, 0.25) is 18.1 Å². The summed E-state index contributed by atoms with van der Waals surface area (Å²) >= 11 is 0. The van der Waals surface area contributed by atoms with E-state index in [-0.39, 0.29) is 16.7 Å². The molecule has 0 aliphatic heterocycles. The normalized spacial score (nSPS) is 12.2. The second kappa shape index (κ2) is 7.85. The molecule has 0 saturated heterocycles. The number of rotatable bonds is 6. The quantitative estimate of drug-likeness (QED) is 0.375. The minimum atomic E-state index is -1.96. The van der Waals surface area contributed by atoms with E-state index >= 15 is 0 Å². The fourth-order valence-electron chi connectivity index (χ4n) is 2.54. The highest BCUT2D eigenvalue weighted by molar-refractivity contribution is 6.74. The van der Waals surface area contributed by atoms with Crippen LogP contribution >= 0.6 is 0 Å². The fraction of sp³-hybridized carbons (Fsp3) is 0.304. The molecule has 0 unspecified atom stereocenters. The first-order valence-electron chi connectivity index (χ1n) is 9.48. The van der Waals surface area contributed by atoms with Crippen LogP contribution in [0.25, 0.3) is 11.3 Å². The van der Waals surface area contributed by atoms with Gasteiger partial charge in [0.25, 0.3) is 5.89 Å². The summed E-state index contributed by atoms with van der Waals surface area (Å²) < 4.78 is 12.3. The Hall–Kier alpha value is -2.50. The van der Waals surface area contributed by atoms with E-state index in [1.165, 1.54) is 0 Å². The number of hydrogen-bond donors (Lipinski definition) is 0. The average Bonchev–Trinajstić information content (AvgIpc) is 3.11. The molecule has 0 N–H and O–H groups in total. The van der Waals surface area contributed by atoms with Crippen LogP contribution in [0.1, 0.15) is 42.7 Å². The smallest absolute Gasteiger partial charge is 0.269 e. The second-order valence-electron chi connectivity index (χ2n) is 8.40. The van der Waals surface area contributed by atoms with Gasteiger partial charge in [-0.25, -0.2) is 4.98 Å². The minimum Gasteiger partial charge on any atom is -0.433 e. The Bertz CT molecular complexity index is 941. The number of benzene rings is 2. The van der Waals surface area contributed by atoms with Gasteiger partial charge in [-0.15, -0.1) is 0 Å². The number of ketones is 1. The largest absolute Gasteiger partial charge is 0.433 e. The molecule has 5 heteroatoms. The minimum absolute atomic E-state index is 0.0896. The van der Waals surface area contributed by atoms with E-state index in [2.05, 4.69) is 38.8 Å². The first-order valence-corrected chi connectivity index (χ1v) is 12.4. The highest BCUT2D eigenvalue weighted by atomic mass is 28.4. The van der Waals surface area contributed by atoms with E-state index in [0.29, 0.717) is 23.6 Å². The van der Waals surface area contributed by atoms with E-state index in [9.17, 15) is 4.79 Å². The molecule has 2 aromatic carbocycles. The van der Waals surface area contributed by atoms with E-state index in [4.69, 9.17) is 8.84 Å². The lowest BCUT2D eigenvalue weighted by Gasteiger charge is -2.35. The molecule has 28 heavy (non-hydrogen) atoms. The van der Waals surface area contributed by atoms with Crippen LogP contribution in [0.15, 0.2) is 65.1 Å². The van der Waals surface area contributed by atoms with Gasteiger partial charge in [0.1, 0.15) is 5.69 Å². The van der Waals surface area contributed by atoms with Crippen molar-refractivity contribution in [3.05, 3.63) is 77.8 Å². The molecule has 0 spiro atoms. The lowest BCUT2D eigenvalue weighted by molar-refractivity contribution is 0.100. The molecular weight excluding hydrogens is 366 g/mol. The molecule has 0 amide bonds. The third kappa shape index (κ3) is 4.32. The van der Waals surface area contributed by atoms with Crippen molar-refractivity contribution in [1.82, 2.24) is 4.98 Å². The Kier molecular flexibility index (Phi) is 5.68. The van der Waals surface area contributed by atoms with Crippen molar-refractivity contribution in [1.29, 1.82) is 0 Å².